The lowest BCUT2D eigenvalue weighted by Gasteiger charge is -2.05. The predicted molar refractivity (Wildman–Crippen MR) is 70.3 cm³/mol. The summed E-state index contributed by atoms with van der Waals surface area (Å²) in [5, 5.41) is 9.60. The summed E-state index contributed by atoms with van der Waals surface area (Å²) < 4.78 is 5.56. The third-order valence-corrected chi connectivity index (χ3v) is 2.72. The minimum Gasteiger partial charge on any atom is -0.508 e. The molecule has 18 heavy (non-hydrogen) atoms. The summed E-state index contributed by atoms with van der Waals surface area (Å²) in [5.41, 5.74) is 2.06. The summed E-state index contributed by atoms with van der Waals surface area (Å²) in [7, 11) is 0. The van der Waals surface area contributed by atoms with Gasteiger partial charge in [0.15, 0.2) is 0 Å². The molecule has 0 spiro atoms. The van der Waals surface area contributed by atoms with Crippen molar-refractivity contribution in [3.8, 4) is 5.75 Å². The largest absolute Gasteiger partial charge is 0.508 e. The second-order valence-electron chi connectivity index (χ2n) is 4.15. The van der Waals surface area contributed by atoms with Crippen molar-refractivity contribution >= 4 is 0 Å². The summed E-state index contributed by atoms with van der Waals surface area (Å²) in [6.07, 6.45) is 5.29. The Morgan fingerprint density at radius 1 is 1.11 bits per heavy atom. The fraction of sp³-hybridized carbons (Fsp3) is 0.267. The Labute approximate surface area is 107 Å². The molecule has 1 heterocycles. The smallest absolute Gasteiger partial charge is 0.118 e. The van der Waals surface area contributed by atoms with E-state index in [0.717, 1.165) is 24.0 Å². The monoisotopic (exact) mass is 243 g/mol. The van der Waals surface area contributed by atoms with Gasteiger partial charge in [-0.1, -0.05) is 24.3 Å². The maximum atomic E-state index is 9.60. The normalized spacial score (nSPS) is 10.4. The van der Waals surface area contributed by atoms with Crippen molar-refractivity contribution in [2.75, 3.05) is 6.61 Å². The molecule has 1 aromatic heterocycles. The summed E-state index contributed by atoms with van der Waals surface area (Å²) in [6.45, 7) is 1.28. The zero-order chi connectivity index (χ0) is 12.6. The van der Waals surface area contributed by atoms with Crippen LogP contribution in [0.1, 0.15) is 17.5 Å². The third kappa shape index (κ3) is 3.86. The van der Waals surface area contributed by atoms with Gasteiger partial charge in [0.1, 0.15) is 5.75 Å². The second-order valence-corrected chi connectivity index (χ2v) is 4.15. The van der Waals surface area contributed by atoms with E-state index in [-0.39, 0.29) is 0 Å². The number of aromatic nitrogens is 1. The number of phenols is 1. The molecule has 0 aliphatic rings. The van der Waals surface area contributed by atoms with E-state index in [4.69, 9.17) is 4.74 Å². The highest BCUT2D eigenvalue weighted by molar-refractivity contribution is 5.31. The number of hydrogen-bond acceptors (Lipinski definition) is 3. The number of aromatic hydroxyl groups is 1. The van der Waals surface area contributed by atoms with Crippen molar-refractivity contribution < 1.29 is 9.84 Å². The van der Waals surface area contributed by atoms with Crippen LogP contribution in [0.15, 0.2) is 48.8 Å². The van der Waals surface area contributed by atoms with E-state index >= 15 is 0 Å². The maximum Gasteiger partial charge on any atom is 0.118 e. The van der Waals surface area contributed by atoms with Crippen LogP contribution in [0, 0.1) is 0 Å². The van der Waals surface area contributed by atoms with Crippen molar-refractivity contribution in [2.24, 2.45) is 0 Å². The lowest BCUT2D eigenvalue weighted by molar-refractivity contribution is 0.118. The zero-order valence-electron chi connectivity index (χ0n) is 10.2. The van der Waals surface area contributed by atoms with Gasteiger partial charge in [0, 0.05) is 19.0 Å². The van der Waals surface area contributed by atoms with Gasteiger partial charge in [-0.3, -0.25) is 4.98 Å². The summed E-state index contributed by atoms with van der Waals surface area (Å²) in [4.78, 5) is 4.03. The van der Waals surface area contributed by atoms with Gasteiger partial charge in [0.25, 0.3) is 0 Å². The van der Waals surface area contributed by atoms with Gasteiger partial charge in [-0.2, -0.15) is 0 Å². The number of rotatable bonds is 6. The van der Waals surface area contributed by atoms with Gasteiger partial charge in [0.2, 0.25) is 0 Å². The van der Waals surface area contributed by atoms with E-state index in [2.05, 4.69) is 4.98 Å². The molecule has 0 aliphatic carbocycles. The van der Waals surface area contributed by atoms with Crippen molar-refractivity contribution in [3.63, 3.8) is 0 Å². The summed E-state index contributed by atoms with van der Waals surface area (Å²) >= 11 is 0. The molecule has 2 rings (SSSR count). The first kappa shape index (κ1) is 12.6. The molecule has 0 atom stereocenters. The SMILES string of the molecule is Oc1ccccc1CCCOCc1cccnc1. The van der Waals surface area contributed by atoms with Crippen LogP contribution in [0.5, 0.6) is 5.75 Å². The molecule has 0 saturated carbocycles. The molecule has 0 fully saturated rings. The maximum absolute atomic E-state index is 9.60. The van der Waals surface area contributed by atoms with E-state index in [0.29, 0.717) is 19.0 Å². The van der Waals surface area contributed by atoms with Crippen molar-refractivity contribution in [3.05, 3.63) is 59.9 Å². The molecule has 0 unspecified atom stereocenters. The van der Waals surface area contributed by atoms with Crippen molar-refractivity contribution in [1.29, 1.82) is 0 Å². The van der Waals surface area contributed by atoms with Crippen LogP contribution in [0.3, 0.4) is 0 Å². The fourth-order valence-corrected chi connectivity index (χ4v) is 1.76. The van der Waals surface area contributed by atoms with Gasteiger partial charge in [0.05, 0.1) is 6.61 Å². The predicted octanol–water partition coefficient (Wildman–Crippen LogP) is 2.94. The number of hydrogen-bond donors (Lipinski definition) is 1. The highest BCUT2D eigenvalue weighted by Crippen LogP contribution is 2.17. The van der Waals surface area contributed by atoms with Gasteiger partial charge in [-0.15, -0.1) is 0 Å². The molecule has 0 saturated heterocycles. The van der Waals surface area contributed by atoms with Gasteiger partial charge in [-0.05, 0) is 36.1 Å². The quantitative estimate of drug-likeness (QED) is 0.793. The van der Waals surface area contributed by atoms with Crippen LogP contribution in [-0.2, 0) is 17.8 Å². The molecule has 0 amide bonds. The molecule has 3 nitrogen and oxygen atoms in total. The molecule has 0 aliphatic heterocycles. The first-order valence-corrected chi connectivity index (χ1v) is 6.10. The number of phenolic OH excluding ortho intramolecular Hbond substituents is 1. The van der Waals surface area contributed by atoms with E-state index in [9.17, 15) is 5.11 Å². The van der Waals surface area contributed by atoms with Crippen LogP contribution in [0.25, 0.3) is 0 Å². The van der Waals surface area contributed by atoms with Crippen LogP contribution in [0.4, 0.5) is 0 Å². The average molecular weight is 243 g/mol. The Kier molecular flexibility index (Phi) is 4.73. The van der Waals surface area contributed by atoms with E-state index in [1.54, 1.807) is 12.3 Å². The molecular formula is C15H17NO2. The Bertz CT molecular complexity index is 471. The molecule has 94 valence electrons. The molecule has 2 aromatic rings. The van der Waals surface area contributed by atoms with Crippen LogP contribution in [0.2, 0.25) is 0 Å². The van der Waals surface area contributed by atoms with Gasteiger partial charge >= 0.3 is 0 Å². The van der Waals surface area contributed by atoms with E-state index in [1.807, 2.05) is 36.5 Å². The van der Waals surface area contributed by atoms with Crippen LogP contribution < -0.4 is 0 Å². The highest BCUT2D eigenvalue weighted by atomic mass is 16.5. The first-order chi connectivity index (χ1) is 8.86. The Morgan fingerprint density at radius 2 is 2.00 bits per heavy atom. The number of aryl methyl sites for hydroxylation is 1. The topological polar surface area (TPSA) is 42.4 Å². The molecule has 0 radical (unpaired) electrons. The highest BCUT2D eigenvalue weighted by Gasteiger charge is 1.99. The van der Waals surface area contributed by atoms with E-state index < -0.39 is 0 Å². The number of para-hydroxylation sites is 1. The molecule has 3 heteroatoms. The zero-order valence-corrected chi connectivity index (χ0v) is 10.2. The molecule has 0 bridgehead atoms. The molecule has 1 aromatic carbocycles. The number of nitrogens with zero attached hydrogens (tertiary/aromatic N) is 1. The molecule has 1 N–H and O–H groups in total. The Hall–Kier alpha value is -1.87. The number of ether oxygens (including phenoxy) is 1. The lowest BCUT2D eigenvalue weighted by atomic mass is 10.1. The lowest BCUT2D eigenvalue weighted by Crippen LogP contribution is -1.98. The summed E-state index contributed by atoms with van der Waals surface area (Å²) in [5.74, 6) is 0.366. The van der Waals surface area contributed by atoms with Gasteiger partial charge < -0.3 is 9.84 Å². The Balaban J connectivity index is 1.66. The standard InChI is InChI=1S/C15H17NO2/c17-15-8-2-1-6-14(15)7-4-10-18-12-13-5-3-9-16-11-13/h1-3,5-6,8-9,11,17H,4,7,10,12H2. The van der Waals surface area contributed by atoms with Crippen LogP contribution in [-0.4, -0.2) is 16.7 Å². The van der Waals surface area contributed by atoms with Crippen molar-refractivity contribution in [1.82, 2.24) is 4.98 Å². The minimum absolute atomic E-state index is 0.366. The van der Waals surface area contributed by atoms with Crippen LogP contribution >= 0.6 is 0 Å². The first-order valence-electron chi connectivity index (χ1n) is 6.10. The third-order valence-electron chi connectivity index (χ3n) is 2.72. The average Bonchev–Trinajstić information content (AvgIpc) is 2.42. The minimum atomic E-state index is 0.366. The number of pyridine rings is 1. The fourth-order valence-electron chi connectivity index (χ4n) is 1.76. The van der Waals surface area contributed by atoms with Crippen molar-refractivity contribution in [2.45, 2.75) is 19.4 Å². The number of benzene rings is 1. The van der Waals surface area contributed by atoms with E-state index in [1.165, 1.54) is 0 Å². The second kappa shape index (κ2) is 6.77. The molecular weight excluding hydrogens is 226 g/mol. The summed E-state index contributed by atoms with van der Waals surface area (Å²) in [6, 6.07) is 11.3. The van der Waals surface area contributed by atoms with Gasteiger partial charge in [-0.25, -0.2) is 0 Å². The Morgan fingerprint density at radius 3 is 2.78 bits per heavy atom.